The van der Waals surface area contributed by atoms with Crippen molar-refractivity contribution in [1.29, 1.82) is 0 Å². The molecule has 0 amide bonds. The van der Waals surface area contributed by atoms with Crippen LogP contribution in [-0.4, -0.2) is 12.1 Å². The zero-order valence-corrected chi connectivity index (χ0v) is 12.9. The van der Waals surface area contributed by atoms with E-state index < -0.39 is 0 Å². The smallest absolute Gasteiger partial charge is 0.00817 e. The van der Waals surface area contributed by atoms with E-state index in [1.54, 1.807) is 0 Å². The van der Waals surface area contributed by atoms with Crippen LogP contribution in [0, 0.1) is 11.8 Å². The van der Waals surface area contributed by atoms with Crippen molar-refractivity contribution in [2.24, 2.45) is 11.8 Å². The van der Waals surface area contributed by atoms with E-state index in [-0.39, 0.29) is 0 Å². The highest BCUT2D eigenvalue weighted by Gasteiger charge is 2.32. The molecule has 0 aliphatic heterocycles. The average Bonchev–Trinajstić information content (AvgIpc) is 2.48. The van der Waals surface area contributed by atoms with Crippen LogP contribution in [0.25, 0.3) is 0 Å². The van der Waals surface area contributed by atoms with Crippen LogP contribution >= 0.6 is 0 Å². The van der Waals surface area contributed by atoms with Crippen LogP contribution in [-0.2, 0) is 6.42 Å². The van der Waals surface area contributed by atoms with Crippen LogP contribution in [0.3, 0.4) is 0 Å². The first-order valence-electron chi connectivity index (χ1n) is 8.61. The van der Waals surface area contributed by atoms with Gasteiger partial charge in [-0.05, 0) is 50.0 Å². The Morgan fingerprint density at radius 1 is 1.00 bits per heavy atom. The highest BCUT2D eigenvalue weighted by molar-refractivity contribution is 5.15. The Morgan fingerprint density at radius 2 is 1.75 bits per heavy atom. The number of benzene rings is 1. The van der Waals surface area contributed by atoms with E-state index in [2.05, 4.69) is 42.6 Å². The average molecular weight is 271 g/mol. The van der Waals surface area contributed by atoms with Gasteiger partial charge in [0.2, 0.25) is 0 Å². The van der Waals surface area contributed by atoms with Gasteiger partial charge >= 0.3 is 0 Å². The third-order valence-electron chi connectivity index (χ3n) is 5.44. The second-order valence-corrected chi connectivity index (χ2v) is 7.07. The van der Waals surface area contributed by atoms with E-state index in [1.165, 1.54) is 50.5 Å². The molecule has 0 spiro atoms. The molecule has 0 radical (unpaired) electrons. The van der Waals surface area contributed by atoms with E-state index >= 15 is 0 Å². The maximum Gasteiger partial charge on any atom is 0.00817 e. The van der Waals surface area contributed by atoms with Crippen molar-refractivity contribution < 1.29 is 0 Å². The van der Waals surface area contributed by atoms with Gasteiger partial charge in [0.25, 0.3) is 0 Å². The Hall–Kier alpha value is -0.820. The molecule has 0 heterocycles. The van der Waals surface area contributed by atoms with Gasteiger partial charge in [-0.1, -0.05) is 56.0 Å². The topological polar surface area (TPSA) is 12.0 Å². The summed E-state index contributed by atoms with van der Waals surface area (Å²) in [6, 6.07) is 12.3. The molecule has 2 aliphatic carbocycles. The van der Waals surface area contributed by atoms with E-state index in [0.29, 0.717) is 6.04 Å². The molecule has 1 nitrogen and oxygen atoms in total. The summed E-state index contributed by atoms with van der Waals surface area (Å²) in [5.41, 5.74) is 1.46. The van der Waals surface area contributed by atoms with Crippen LogP contribution < -0.4 is 5.32 Å². The Balaban J connectivity index is 1.48. The third-order valence-corrected chi connectivity index (χ3v) is 5.44. The Bertz CT molecular complexity index is 399. The van der Waals surface area contributed by atoms with Gasteiger partial charge < -0.3 is 5.32 Å². The van der Waals surface area contributed by atoms with E-state index in [4.69, 9.17) is 0 Å². The largest absolute Gasteiger partial charge is 0.311 e. The molecule has 0 saturated heterocycles. The minimum Gasteiger partial charge on any atom is -0.311 e. The summed E-state index contributed by atoms with van der Waals surface area (Å²) >= 11 is 0. The van der Waals surface area contributed by atoms with Gasteiger partial charge in [0, 0.05) is 12.1 Å². The van der Waals surface area contributed by atoms with E-state index in [0.717, 1.165) is 24.3 Å². The van der Waals surface area contributed by atoms with Gasteiger partial charge in [0.15, 0.2) is 0 Å². The number of hydrogen-bond donors (Lipinski definition) is 1. The lowest BCUT2D eigenvalue weighted by Crippen LogP contribution is -2.43. The molecule has 20 heavy (non-hydrogen) atoms. The van der Waals surface area contributed by atoms with E-state index in [9.17, 15) is 0 Å². The summed E-state index contributed by atoms with van der Waals surface area (Å²) in [7, 11) is 0. The second-order valence-electron chi connectivity index (χ2n) is 7.07. The predicted octanol–water partition coefficient (Wildman–Crippen LogP) is 4.57. The maximum absolute atomic E-state index is 3.90. The quantitative estimate of drug-likeness (QED) is 0.846. The van der Waals surface area contributed by atoms with Crippen LogP contribution in [0.1, 0.15) is 57.4 Å². The fourth-order valence-corrected chi connectivity index (χ4v) is 4.45. The molecule has 1 heteroatoms. The monoisotopic (exact) mass is 271 g/mol. The molecular formula is C19H29N. The fraction of sp³-hybridized carbons (Fsp3) is 0.684. The minimum atomic E-state index is 0.600. The molecule has 4 atom stereocenters. The van der Waals surface area contributed by atoms with Gasteiger partial charge in [-0.25, -0.2) is 0 Å². The lowest BCUT2D eigenvalue weighted by molar-refractivity contribution is 0.139. The molecule has 1 N–H and O–H groups in total. The van der Waals surface area contributed by atoms with Gasteiger partial charge in [0.1, 0.15) is 0 Å². The van der Waals surface area contributed by atoms with Crippen molar-refractivity contribution in [1.82, 2.24) is 5.32 Å². The molecule has 1 aromatic carbocycles. The molecular weight excluding hydrogens is 242 g/mol. The first-order valence-corrected chi connectivity index (χ1v) is 8.61. The molecule has 2 aliphatic rings. The first kappa shape index (κ1) is 14.1. The zero-order chi connectivity index (χ0) is 13.8. The van der Waals surface area contributed by atoms with E-state index in [1.807, 2.05) is 0 Å². The van der Waals surface area contributed by atoms with Crippen LogP contribution in [0.5, 0.6) is 0 Å². The number of nitrogens with one attached hydrogen (secondary N) is 1. The van der Waals surface area contributed by atoms with Crippen molar-refractivity contribution in [3.63, 3.8) is 0 Å². The molecule has 1 aromatic rings. The number of hydrogen-bond acceptors (Lipinski definition) is 1. The van der Waals surface area contributed by atoms with Crippen molar-refractivity contribution in [2.45, 2.75) is 70.4 Å². The van der Waals surface area contributed by atoms with Crippen molar-refractivity contribution in [3.8, 4) is 0 Å². The molecule has 0 aromatic heterocycles. The highest BCUT2D eigenvalue weighted by atomic mass is 14.9. The Morgan fingerprint density at radius 3 is 2.55 bits per heavy atom. The van der Waals surface area contributed by atoms with Crippen molar-refractivity contribution in [3.05, 3.63) is 35.9 Å². The van der Waals surface area contributed by atoms with Gasteiger partial charge in [-0.15, -0.1) is 0 Å². The Labute approximate surface area is 124 Å². The van der Waals surface area contributed by atoms with Crippen LogP contribution in [0.4, 0.5) is 0 Å². The van der Waals surface area contributed by atoms with Crippen molar-refractivity contribution >= 4 is 0 Å². The summed E-state index contributed by atoms with van der Waals surface area (Å²) in [5, 5.41) is 3.90. The molecule has 2 saturated carbocycles. The zero-order valence-electron chi connectivity index (χ0n) is 12.9. The van der Waals surface area contributed by atoms with Gasteiger partial charge in [0.05, 0.1) is 0 Å². The SMILES string of the molecule is CC(Cc1ccccc1)NC1CCC2CCCCC2C1. The molecule has 110 valence electrons. The first-order chi connectivity index (χ1) is 9.81. The van der Waals surface area contributed by atoms with Crippen LogP contribution in [0.15, 0.2) is 30.3 Å². The standard InChI is InChI=1S/C19H29N/c1-15(13-16-7-3-2-4-8-16)20-19-12-11-17-9-5-6-10-18(17)14-19/h2-4,7-8,15,17-20H,5-6,9-14H2,1H3. The lowest BCUT2D eigenvalue weighted by Gasteiger charge is -2.40. The fourth-order valence-electron chi connectivity index (χ4n) is 4.45. The second kappa shape index (κ2) is 6.76. The Kier molecular flexibility index (Phi) is 4.77. The molecule has 0 bridgehead atoms. The third kappa shape index (κ3) is 3.63. The van der Waals surface area contributed by atoms with Gasteiger partial charge in [-0.2, -0.15) is 0 Å². The summed E-state index contributed by atoms with van der Waals surface area (Å²) in [6.07, 6.45) is 11.4. The molecule has 4 unspecified atom stereocenters. The van der Waals surface area contributed by atoms with Crippen LogP contribution in [0.2, 0.25) is 0 Å². The summed E-state index contributed by atoms with van der Waals surface area (Å²) < 4.78 is 0. The molecule has 3 rings (SSSR count). The normalized spacial score (nSPS) is 31.6. The number of rotatable bonds is 4. The van der Waals surface area contributed by atoms with Crippen molar-refractivity contribution in [2.75, 3.05) is 0 Å². The summed E-state index contributed by atoms with van der Waals surface area (Å²) in [6.45, 7) is 2.35. The predicted molar refractivity (Wildman–Crippen MR) is 85.8 cm³/mol. The minimum absolute atomic E-state index is 0.600. The molecule has 2 fully saturated rings. The maximum atomic E-state index is 3.90. The van der Waals surface area contributed by atoms with Gasteiger partial charge in [-0.3, -0.25) is 0 Å². The summed E-state index contributed by atoms with van der Waals surface area (Å²) in [5.74, 6) is 2.09. The number of fused-ring (bicyclic) bond motifs is 1. The summed E-state index contributed by atoms with van der Waals surface area (Å²) in [4.78, 5) is 0. The lowest BCUT2D eigenvalue weighted by atomic mass is 9.69. The highest BCUT2D eigenvalue weighted by Crippen LogP contribution is 2.40.